The summed E-state index contributed by atoms with van der Waals surface area (Å²) >= 11 is 1.70. The van der Waals surface area contributed by atoms with Crippen LogP contribution >= 0.6 is 11.8 Å². The van der Waals surface area contributed by atoms with Crippen molar-refractivity contribution in [2.24, 2.45) is 0 Å². The first kappa shape index (κ1) is 20.0. The summed E-state index contributed by atoms with van der Waals surface area (Å²) in [7, 11) is 1.41. The molecule has 1 amide bonds. The summed E-state index contributed by atoms with van der Waals surface area (Å²) in [5.41, 5.74) is 0.460. The van der Waals surface area contributed by atoms with Gasteiger partial charge in [0.05, 0.1) is 30.4 Å². The van der Waals surface area contributed by atoms with Gasteiger partial charge in [-0.2, -0.15) is 0 Å². The molecule has 0 fully saturated rings. The van der Waals surface area contributed by atoms with Gasteiger partial charge in [0.2, 0.25) is 0 Å². The molecular formula is C20H22N2O5S. The number of methoxy groups -OCH3 is 1. The van der Waals surface area contributed by atoms with Gasteiger partial charge in [-0.05, 0) is 25.5 Å². The number of hydrogen-bond acceptors (Lipinski definition) is 6. The van der Waals surface area contributed by atoms with Crippen molar-refractivity contribution in [1.82, 2.24) is 0 Å². The molecule has 7 nitrogen and oxygen atoms in total. The van der Waals surface area contributed by atoms with Crippen molar-refractivity contribution in [1.29, 1.82) is 0 Å². The van der Waals surface area contributed by atoms with Gasteiger partial charge in [-0.3, -0.25) is 14.9 Å². The lowest BCUT2D eigenvalue weighted by Crippen LogP contribution is -2.32. The van der Waals surface area contributed by atoms with E-state index in [2.05, 4.69) is 6.92 Å². The predicted molar refractivity (Wildman–Crippen MR) is 109 cm³/mol. The zero-order valence-corrected chi connectivity index (χ0v) is 16.8. The minimum atomic E-state index is -0.563. The van der Waals surface area contributed by atoms with E-state index >= 15 is 0 Å². The molecule has 1 aliphatic heterocycles. The molecule has 0 aliphatic carbocycles. The SMILES string of the molecule is CCOc1cc(C(=O)N2CCC(C)Sc3ccccc32)c([N+](=O)[O-])cc1OC. The summed E-state index contributed by atoms with van der Waals surface area (Å²) in [6.45, 7) is 4.74. The van der Waals surface area contributed by atoms with E-state index in [0.717, 1.165) is 17.0 Å². The van der Waals surface area contributed by atoms with Gasteiger partial charge in [0, 0.05) is 22.8 Å². The molecule has 0 saturated heterocycles. The van der Waals surface area contributed by atoms with Crippen LogP contribution in [0.5, 0.6) is 11.5 Å². The summed E-state index contributed by atoms with van der Waals surface area (Å²) in [4.78, 5) is 27.1. The molecule has 2 aromatic rings. The lowest BCUT2D eigenvalue weighted by Gasteiger charge is -2.23. The van der Waals surface area contributed by atoms with E-state index in [9.17, 15) is 14.9 Å². The van der Waals surface area contributed by atoms with Gasteiger partial charge in [-0.1, -0.05) is 19.1 Å². The van der Waals surface area contributed by atoms with E-state index in [4.69, 9.17) is 9.47 Å². The van der Waals surface area contributed by atoms with Crippen LogP contribution in [0, 0.1) is 10.1 Å². The van der Waals surface area contributed by atoms with Crippen molar-refractivity contribution in [2.45, 2.75) is 30.4 Å². The minimum Gasteiger partial charge on any atom is -0.493 e. The fourth-order valence-corrected chi connectivity index (χ4v) is 4.26. The Balaban J connectivity index is 2.11. The summed E-state index contributed by atoms with van der Waals surface area (Å²) < 4.78 is 10.7. The monoisotopic (exact) mass is 402 g/mol. The van der Waals surface area contributed by atoms with Crippen LogP contribution in [-0.4, -0.2) is 36.3 Å². The molecular weight excluding hydrogens is 380 g/mol. The predicted octanol–water partition coefficient (Wildman–Crippen LogP) is 4.53. The number of benzene rings is 2. The number of nitro groups is 1. The lowest BCUT2D eigenvalue weighted by molar-refractivity contribution is -0.385. The van der Waals surface area contributed by atoms with Crippen LogP contribution in [0.15, 0.2) is 41.3 Å². The first-order chi connectivity index (χ1) is 13.5. The molecule has 0 spiro atoms. The largest absolute Gasteiger partial charge is 0.493 e. The molecule has 1 atom stereocenters. The third-order valence-electron chi connectivity index (χ3n) is 4.50. The average Bonchev–Trinajstić information content (AvgIpc) is 2.85. The molecule has 1 heterocycles. The molecule has 148 valence electrons. The van der Waals surface area contributed by atoms with E-state index in [-0.39, 0.29) is 17.0 Å². The van der Waals surface area contributed by atoms with Gasteiger partial charge in [-0.15, -0.1) is 11.8 Å². The van der Waals surface area contributed by atoms with Crippen molar-refractivity contribution < 1.29 is 19.2 Å². The van der Waals surface area contributed by atoms with Crippen LogP contribution in [-0.2, 0) is 0 Å². The number of nitro benzene ring substituents is 1. The van der Waals surface area contributed by atoms with Crippen LogP contribution < -0.4 is 14.4 Å². The Morgan fingerprint density at radius 3 is 2.75 bits per heavy atom. The number of rotatable bonds is 5. The quantitative estimate of drug-likeness (QED) is 0.540. The second-order valence-corrected chi connectivity index (χ2v) is 7.83. The van der Waals surface area contributed by atoms with Gasteiger partial charge in [-0.25, -0.2) is 0 Å². The zero-order chi connectivity index (χ0) is 20.3. The standard InChI is InChI=1S/C20H22N2O5S/c1-4-27-18-11-14(16(22(24)25)12-17(18)26-3)20(23)21-10-9-13(2)28-19-8-6-5-7-15(19)21/h5-8,11-13H,4,9-10H2,1-3H3. The second-order valence-electron chi connectivity index (χ2n) is 6.35. The summed E-state index contributed by atoms with van der Waals surface area (Å²) in [5, 5.41) is 12.0. The maximum absolute atomic E-state index is 13.4. The van der Waals surface area contributed by atoms with Gasteiger partial charge in [0.25, 0.3) is 11.6 Å². The molecule has 2 aromatic carbocycles. The Hall–Kier alpha value is -2.74. The number of para-hydroxylation sites is 1. The molecule has 0 aromatic heterocycles. The van der Waals surface area contributed by atoms with Crippen LogP contribution in [0.25, 0.3) is 0 Å². The van der Waals surface area contributed by atoms with Crippen LogP contribution in [0.3, 0.4) is 0 Å². The number of thioether (sulfide) groups is 1. The van der Waals surface area contributed by atoms with E-state index in [1.807, 2.05) is 24.3 Å². The first-order valence-corrected chi connectivity index (χ1v) is 9.91. The molecule has 1 unspecified atom stereocenters. The van der Waals surface area contributed by atoms with Crippen LogP contribution in [0.2, 0.25) is 0 Å². The van der Waals surface area contributed by atoms with Crippen molar-refractivity contribution >= 4 is 29.0 Å². The lowest BCUT2D eigenvalue weighted by atomic mass is 10.1. The number of carbonyl (C=O) groups excluding carboxylic acids is 1. The first-order valence-electron chi connectivity index (χ1n) is 9.03. The highest BCUT2D eigenvalue weighted by Gasteiger charge is 2.31. The molecule has 8 heteroatoms. The highest BCUT2D eigenvalue weighted by atomic mass is 32.2. The van der Waals surface area contributed by atoms with Gasteiger partial charge in [0.1, 0.15) is 5.56 Å². The van der Waals surface area contributed by atoms with E-state index in [0.29, 0.717) is 24.2 Å². The Morgan fingerprint density at radius 2 is 2.07 bits per heavy atom. The number of amides is 1. The number of anilines is 1. The minimum absolute atomic E-state index is 0.0105. The van der Waals surface area contributed by atoms with Crippen molar-refractivity contribution in [3.63, 3.8) is 0 Å². The van der Waals surface area contributed by atoms with E-state index in [1.165, 1.54) is 19.2 Å². The van der Waals surface area contributed by atoms with Crippen LogP contribution in [0.4, 0.5) is 11.4 Å². The maximum Gasteiger partial charge on any atom is 0.286 e. The normalized spacial score (nSPS) is 16.1. The molecule has 0 bridgehead atoms. The van der Waals surface area contributed by atoms with E-state index in [1.54, 1.807) is 23.6 Å². The average molecular weight is 402 g/mol. The fourth-order valence-electron chi connectivity index (χ4n) is 3.14. The Morgan fingerprint density at radius 1 is 1.32 bits per heavy atom. The number of carbonyl (C=O) groups is 1. The Labute approximate surface area is 167 Å². The molecule has 0 N–H and O–H groups in total. The van der Waals surface area contributed by atoms with Crippen molar-refractivity contribution in [3.8, 4) is 11.5 Å². The molecule has 0 saturated carbocycles. The summed E-state index contributed by atoms with van der Waals surface area (Å²) in [5.74, 6) is 0.118. The number of hydrogen-bond donors (Lipinski definition) is 0. The molecule has 3 rings (SSSR count). The topological polar surface area (TPSA) is 81.9 Å². The highest BCUT2D eigenvalue weighted by molar-refractivity contribution is 8.00. The molecule has 1 aliphatic rings. The number of ether oxygens (including phenoxy) is 2. The van der Waals surface area contributed by atoms with Gasteiger partial charge < -0.3 is 14.4 Å². The summed E-state index contributed by atoms with van der Waals surface area (Å²) in [6, 6.07) is 10.3. The van der Waals surface area contributed by atoms with E-state index < -0.39 is 10.8 Å². The van der Waals surface area contributed by atoms with Crippen molar-refractivity contribution in [2.75, 3.05) is 25.2 Å². The third-order valence-corrected chi connectivity index (χ3v) is 5.73. The fraction of sp³-hybridized carbons (Fsp3) is 0.350. The third kappa shape index (κ3) is 3.91. The Kier molecular flexibility index (Phi) is 6.08. The Bertz CT molecular complexity index is 902. The van der Waals surface area contributed by atoms with Gasteiger partial charge in [0.15, 0.2) is 11.5 Å². The number of fused-ring (bicyclic) bond motifs is 1. The van der Waals surface area contributed by atoms with Crippen molar-refractivity contribution in [3.05, 3.63) is 52.1 Å². The smallest absolute Gasteiger partial charge is 0.286 e. The second kappa shape index (κ2) is 8.52. The van der Waals surface area contributed by atoms with Crippen LogP contribution in [0.1, 0.15) is 30.6 Å². The van der Waals surface area contributed by atoms with Gasteiger partial charge >= 0.3 is 0 Å². The zero-order valence-electron chi connectivity index (χ0n) is 16.0. The maximum atomic E-state index is 13.4. The molecule has 0 radical (unpaired) electrons. The molecule has 28 heavy (non-hydrogen) atoms. The number of nitrogens with zero attached hydrogens (tertiary/aromatic N) is 2. The summed E-state index contributed by atoms with van der Waals surface area (Å²) in [6.07, 6.45) is 0.785. The highest BCUT2D eigenvalue weighted by Crippen LogP contribution is 2.40.